The van der Waals surface area contributed by atoms with Crippen molar-refractivity contribution in [1.29, 1.82) is 0 Å². The molecule has 20 heavy (non-hydrogen) atoms. The van der Waals surface area contributed by atoms with E-state index in [0.717, 1.165) is 51.9 Å². The van der Waals surface area contributed by atoms with Gasteiger partial charge in [-0.1, -0.05) is 0 Å². The second kappa shape index (κ2) is 5.73. The lowest BCUT2D eigenvalue weighted by Gasteiger charge is -2.37. The number of piperidine rings is 2. The van der Waals surface area contributed by atoms with Gasteiger partial charge in [0.1, 0.15) is 5.82 Å². The summed E-state index contributed by atoms with van der Waals surface area (Å²) < 4.78 is 1.94. The molecule has 1 aromatic heterocycles. The molecule has 0 spiro atoms. The molecular weight excluding hydrogens is 254 g/mol. The third-order valence-corrected chi connectivity index (χ3v) is 4.36. The van der Waals surface area contributed by atoms with Crippen LogP contribution in [0, 0.1) is 0 Å². The zero-order valence-corrected chi connectivity index (χ0v) is 11.9. The largest absolute Gasteiger partial charge is 0.382 e. The summed E-state index contributed by atoms with van der Waals surface area (Å²) in [5, 5.41) is 4.27. The topological polar surface area (TPSA) is 67.4 Å². The van der Waals surface area contributed by atoms with Crippen LogP contribution in [0.25, 0.3) is 0 Å². The van der Waals surface area contributed by atoms with Crippen LogP contribution in [0.4, 0.5) is 10.6 Å². The molecule has 3 heterocycles. The van der Waals surface area contributed by atoms with Crippen LogP contribution in [-0.4, -0.2) is 51.8 Å². The van der Waals surface area contributed by atoms with Gasteiger partial charge >= 0.3 is 6.03 Å². The average molecular weight is 277 g/mol. The van der Waals surface area contributed by atoms with E-state index in [-0.39, 0.29) is 6.03 Å². The molecule has 0 bridgehead atoms. The Morgan fingerprint density at radius 2 is 1.75 bits per heavy atom. The van der Waals surface area contributed by atoms with Gasteiger partial charge in [-0.3, -0.25) is 4.68 Å². The molecule has 2 aliphatic rings. The third kappa shape index (κ3) is 2.73. The van der Waals surface area contributed by atoms with Crippen LogP contribution in [0.3, 0.4) is 0 Å². The zero-order valence-electron chi connectivity index (χ0n) is 11.9. The molecule has 2 aliphatic heterocycles. The summed E-state index contributed by atoms with van der Waals surface area (Å²) >= 11 is 0. The van der Waals surface area contributed by atoms with Gasteiger partial charge in [-0.25, -0.2) is 4.79 Å². The molecule has 2 amide bonds. The fourth-order valence-corrected chi connectivity index (χ4v) is 3.16. The fraction of sp³-hybridized carbons (Fsp3) is 0.714. The Hall–Kier alpha value is -1.72. The van der Waals surface area contributed by atoms with Gasteiger partial charge in [-0.05, 0) is 38.2 Å². The van der Waals surface area contributed by atoms with Gasteiger partial charge in [0.25, 0.3) is 0 Å². The number of nitrogen functional groups attached to an aromatic ring is 1. The van der Waals surface area contributed by atoms with E-state index in [1.54, 1.807) is 0 Å². The molecular formula is C14H23N5O. The van der Waals surface area contributed by atoms with Crippen LogP contribution >= 0.6 is 0 Å². The molecule has 2 fully saturated rings. The molecule has 0 radical (unpaired) electrons. The van der Waals surface area contributed by atoms with Crippen molar-refractivity contribution in [2.24, 2.45) is 0 Å². The summed E-state index contributed by atoms with van der Waals surface area (Å²) in [4.78, 5) is 16.4. The summed E-state index contributed by atoms with van der Waals surface area (Å²) in [7, 11) is 0. The summed E-state index contributed by atoms with van der Waals surface area (Å²) in [6, 6.07) is 2.42. The molecule has 0 atom stereocenters. The number of aromatic nitrogens is 2. The smallest absolute Gasteiger partial charge is 0.319 e. The Kier molecular flexibility index (Phi) is 3.80. The number of urea groups is 1. The molecule has 3 rings (SSSR count). The van der Waals surface area contributed by atoms with Crippen LogP contribution in [-0.2, 0) is 0 Å². The molecule has 110 valence electrons. The second-order valence-corrected chi connectivity index (χ2v) is 5.77. The molecule has 0 aliphatic carbocycles. The number of amides is 2. The molecule has 0 unspecified atom stereocenters. The number of carbonyl (C=O) groups excluding carboxylic acids is 1. The number of likely N-dealkylation sites (tertiary alicyclic amines) is 2. The summed E-state index contributed by atoms with van der Waals surface area (Å²) in [5.41, 5.74) is 5.66. The number of anilines is 1. The van der Waals surface area contributed by atoms with Crippen LogP contribution in [0.15, 0.2) is 12.3 Å². The number of rotatable bonds is 1. The molecule has 6 nitrogen and oxygen atoms in total. The maximum atomic E-state index is 12.4. The Morgan fingerprint density at radius 3 is 2.35 bits per heavy atom. The zero-order chi connectivity index (χ0) is 13.9. The number of nitrogens with two attached hydrogens (primary N) is 1. The first kappa shape index (κ1) is 13.3. The normalized spacial score (nSPS) is 21.2. The van der Waals surface area contributed by atoms with Gasteiger partial charge in [-0.2, -0.15) is 5.10 Å². The quantitative estimate of drug-likeness (QED) is 0.849. The minimum atomic E-state index is 0.225. The van der Waals surface area contributed by atoms with Gasteiger partial charge < -0.3 is 15.5 Å². The monoisotopic (exact) mass is 277 g/mol. The van der Waals surface area contributed by atoms with Gasteiger partial charge in [0.2, 0.25) is 0 Å². The maximum Gasteiger partial charge on any atom is 0.319 e. The van der Waals surface area contributed by atoms with Crippen molar-refractivity contribution in [3.8, 4) is 0 Å². The van der Waals surface area contributed by atoms with E-state index in [4.69, 9.17) is 5.73 Å². The Balaban J connectivity index is 1.54. The number of hydrogen-bond acceptors (Lipinski definition) is 3. The van der Waals surface area contributed by atoms with E-state index in [1.165, 1.54) is 6.42 Å². The fourth-order valence-electron chi connectivity index (χ4n) is 3.16. The highest BCUT2D eigenvalue weighted by Crippen LogP contribution is 2.23. The highest BCUT2D eigenvalue weighted by Gasteiger charge is 2.27. The lowest BCUT2D eigenvalue weighted by molar-refractivity contribution is 0.124. The van der Waals surface area contributed by atoms with Crippen molar-refractivity contribution in [2.75, 3.05) is 31.9 Å². The summed E-state index contributed by atoms with van der Waals surface area (Å²) in [6.07, 6.45) is 7.40. The van der Waals surface area contributed by atoms with Crippen molar-refractivity contribution in [2.45, 2.75) is 38.1 Å². The van der Waals surface area contributed by atoms with Crippen molar-refractivity contribution in [3.63, 3.8) is 0 Å². The Morgan fingerprint density at radius 1 is 1.10 bits per heavy atom. The van der Waals surface area contributed by atoms with Crippen LogP contribution in [0.2, 0.25) is 0 Å². The predicted molar refractivity (Wildman–Crippen MR) is 77.3 cm³/mol. The molecule has 6 heteroatoms. The van der Waals surface area contributed by atoms with Crippen molar-refractivity contribution in [1.82, 2.24) is 19.6 Å². The highest BCUT2D eigenvalue weighted by atomic mass is 16.2. The van der Waals surface area contributed by atoms with E-state index < -0.39 is 0 Å². The molecule has 2 saturated heterocycles. The Labute approximate surface area is 119 Å². The van der Waals surface area contributed by atoms with Gasteiger partial charge in [0.15, 0.2) is 0 Å². The van der Waals surface area contributed by atoms with E-state index in [0.29, 0.717) is 11.9 Å². The number of hydrogen-bond donors (Lipinski definition) is 1. The first-order valence-electron chi connectivity index (χ1n) is 7.58. The number of nitrogens with zero attached hydrogens (tertiary/aromatic N) is 4. The maximum absolute atomic E-state index is 12.4. The first-order valence-corrected chi connectivity index (χ1v) is 7.58. The number of carbonyl (C=O) groups is 1. The van der Waals surface area contributed by atoms with Gasteiger partial charge in [-0.15, -0.1) is 0 Å². The van der Waals surface area contributed by atoms with Crippen molar-refractivity contribution >= 4 is 11.8 Å². The van der Waals surface area contributed by atoms with E-state index in [1.807, 2.05) is 26.7 Å². The Bertz CT molecular complexity index is 458. The molecule has 0 saturated carbocycles. The summed E-state index contributed by atoms with van der Waals surface area (Å²) in [6.45, 7) is 3.49. The standard InChI is InChI=1S/C14H23N5O/c15-13-6-11-19(16-13)12-4-9-18(10-5-12)14(20)17-7-2-1-3-8-17/h6,11-12H,1-5,7-10H2,(H2,15,16). The molecule has 0 aromatic carbocycles. The minimum absolute atomic E-state index is 0.225. The van der Waals surface area contributed by atoms with Crippen LogP contribution in [0.1, 0.15) is 38.1 Å². The average Bonchev–Trinajstić information content (AvgIpc) is 2.94. The van der Waals surface area contributed by atoms with E-state index in [2.05, 4.69) is 5.10 Å². The lowest BCUT2D eigenvalue weighted by Crippen LogP contribution is -2.48. The minimum Gasteiger partial charge on any atom is -0.382 e. The second-order valence-electron chi connectivity index (χ2n) is 5.77. The van der Waals surface area contributed by atoms with Gasteiger partial charge in [0, 0.05) is 32.4 Å². The SMILES string of the molecule is Nc1ccn(C2CCN(C(=O)N3CCCCC3)CC2)n1. The van der Waals surface area contributed by atoms with Crippen molar-refractivity contribution < 1.29 is 4.79 Å². The van der Waals surface area contributed by atoms with Crippen LogP contribution < -0.4 is 5.73 Å². The summed E-state index contributed by atoms with van der Waals surface area (Å²) in [5.74, 6) is 0.567. The van der Waals surface area contributed by atoms with E-state index >= 15 is 0 Å². The van der Waals surface area contributed by atoms with Crippen LogP contribution in [0.5, 0.6) is 0 Å². The third-order valence-electron chi connectivity index (χ3n) is 4.36. The van der Waals surface area contributed by atoms with Crippen molar-refractivity contribution in [3.05, 3.63) is 12.3 Å². The molecule has 2 N–H and O–H groups in total. The van der Waals surface area contributed by atoms with Gasteiger partial charge in [0.05, 0.1) is 6.04 Å². The first-order chi connectivity index (χ1) is 9.74. The lowest BCUT2D eigenvalue weighted by atomic mass is 10.1. The predicted octanol–water partition coefficient (Wildman–Crippen LogP) is 1.71. The molecule has 1 aromatic rings. The highest BCUT2D eigenvalue weighted by molar-refractivity contribution is 5.74. The van der Waals surface area contributed by atoms with E-state index in [9.17, 15) is 4.79 Å².